The Kier molecular flexibility index (Phi) is 3.22. The number of hydrogen-bond donors (Lipinski definition) is 5. The van der Waals surface area contributed by atoms with Gasteiger partial charge in [-0.3, -0.25) is 9.78 Å². The smallest absolute Gasteiger partial charge is 0.270 e. The average Bonchev–Trinajstić information content (AvgIpc) is 2.93. The third-order valence-corrected chi connectivity index (χ3v) is 4.31. The van der Waals surface area contributed by atoms with Crippen LogP contribution < -0.4 is 11.3 Å². The van der Waals surface area contributed by atoms with Gasteiger partial charge < -0.3 is 25.8 Å². The van der Waals surface area contributed by atoms with E-state index in [2.05, 4.69) is 9.97 Å². The zero-order valence-electron chi connectivity index (χ0n) is 10.2. The topological polar surface area (TPSA) is 142 Å². The lowest BCUT2D eigenvalue weighted by Crippen LogP contribution is -2.32. The molecule has 0 spiro atoms. The van der Waals surface area contributed by atoms with Crippen LogP contribution >= 0.6 is 11.3 Å². The highest BCUT2D eigenvalue weighted by Crippen LogP contribution is 2.38. The van der Waals surface area contributed by atoms with Gasteiger partial charge in [0, 0.05) is 5.56 Å². The Labute approximate surface area is 116 Å². The molecular formula is C11H13N3O5S. The maximum Gasteiger partial charge on any atom is 0.270 e. The molecule has 1 aliphatic rings. The fourth-order valence-electron chi connectivity index (χ4n) is 2.32. The number of H-pyrrole nitrogens is 1. The quantitative estimate of drug-likeness (QED) is 0.465. The second-order valence-electron chi connectivity index (χ2n) is 4.58. The maximum atomic E-state index is 11.7. The number of anilines is 1. The Morgan fingerprint density at radius 3 is 2.85 bits per heavy atom. The van der Waals surface area contributed by atoms with Crippen LogP contribution in [-0.2, 0) is 4.74 Å². The molecule has 0 amide bonds. The minimum atomic E-state index is -1.20. The molecule has 3 rings (SSSR count). The van der Waals surface area contributed by atoms with Gasteiger partial charge in [0.25, 0.3) is 5.56 Å². The molecule has 4 atom stereocenters. The molecule has 0 unspecified atom stereocenters. The monoisotopic (exact) mass is 299 g/mol. The highest BCUT2D eigenvalue weighted by molar-refractivity contribution is 7.17. The number of fused-ring (bicyclic) bond motifs is 1. The van der Waals surface area contributed by atoms with Crippen LogP contribution in [0.25, 0.3) is 10.2 Å². The van der Waals surface area contributed by atoms with Crippen LogP contribution in [0, 0.1) is 0 Å². The van der Waals surface area contributed by atoms with Crippen molar-refractivity contribution in [3.63, 3.8) is 0 Å². The van der Waals surface area contributed by atoms with E-state index >= 15 is 0 Å². The number of rotatable bonds is 2. The lowest BCUT2D eigenvalue weighted by atomic mass is 10.0. The molecule has 1 fully saturated rings. The van der Waals surface area contributed by atoms with Crippen molar-refractivity contribution in [2.75, 3.05) is 12.3 Å². The Morgan fingerprint density at radius 2 is 2.20 bits per heavy atom. The van der Waals surface area contributed by atoms with Crippen LogP contribution in [0.1, 0.15) is 11.7 Å². The van der Waals surface area contributed by atoms with Crippen molar-refractivity contribution in [3.05, 3.63) is 21.3 Å². The zero-order chi connectivity index (χ0) is 14.4. The zero-order valence-corrected chi connectivity index (χ0v) is 11.0. The maximum absolute atomic E-state index is 11.7. The fraction of sp³-hybridized carbons (Fsp3) is 0.455. The molecule has 2 aromatic heterocycles. The van der Waals surface area contributed by atoms with Gasteiger partial charge in [-0.2, -0.15) is 0 Å². The summed E-state index contributed by atoms with van der Waals surface area (Å²) >= 11 is 1.15. The Hall–Kier alpha value is -1.52. The van der Waals surface area contributed by atoms with Crippen LogP contribution in [0.4, 0.5) is 5.95 Å². The first-order valence-electron chi connectivity index (χ1n) is 5.92. The van der Waals surface area contributed by atoms with Crippen molar-refractivity contribution < 1.29 is 20.1 Å². The molecule has 0 bridgehead atoms. The number of aliphatic hydroxyl groups excluding tert-OH is 3. The number of thiophene rings is 1. The Balaban J connectivity index is 2.09. The highest BCUT2D eigenvalue weighted by Gasteiger charge is 2.44. The summed E-state index contributed by atoms with van der Waals surface area (Å²) in [6, 6.07) is 0. The van der Waals surface area contributed by atoms with Crippen LogP contribution in [0.3, 0.4) is 0 Å². The number of aliphatic hydroxyl groups is 3. The summed E-state index contributed by atoms with van der Waals surface area (Å²) in [5, 5.41) is 30.5. The molecule has 20 heavy (non-hydrogen) atoms. The minimum Gasteiger partial charge on any atom is -0.394 e. The fourth-order valence-corrected chi connectivity index (χ4v) is 3.25. The van der Waals surface area contributed by atoms with E-state index in [1.807, 2.05) is 0 Å². The van der Waals surface area contributed by atoms with Crippen molar-refractivity contribution in [3.8, 4) is 0 Å². The van der Waals surface area contributed by atoms with Crippen LogP contribution in [0.5, 0.6) is 0 Å². The van der Waals surface area contributed by atoms with Gasteiger partial charge in [-0.05, 0) is 5.38 Å². The van der Waals surface area contributed by atoms with E-state index < -0.39 is 31.0 Å². The predicted molar refractivity (Wildman–Crippen MR) is 71.4 cm³/mol. The van der Waals surface area contributed by atoms with Gasteiger partial charge in [0.15, 0.2) is 0 Å². The molecule has 0 aliphatic carbocycles. The number of aromatic nitrogens is 2. The molecule has 108 valence electrons. The van der Waals surface area contributed by atoms with E-state index in [4.69, 9.17) is 15.6 Å². The number of nitrogen functional groups attached to an aromatic ring is 1. The number of nitrogens with two attached hydrogens (primary N) is 1. The number of nitrogens with one attached hydrogen (secondary N) is 1. The van der Waals surface area contributed by atoms with E-state index in [9.17, 15) is 15.0 Å². The van der Waals surface area contributed by atoms with Gasteiger partial charge in [-0.25, -0.2) is 4.98 Å². The lowest BCUT2D eigenvalue weighted by Gasteiger charge is -2.13. The Morgan fingerprint density at radius 1 is 1.45 bits per heavy atom. The average molecular weight is 299 g/mol. The van der Waals surface area contributed by atoms with Gasteiger partial charge in [0.1, 0.15) is 29.1 Å². The van der Waals surface area contributed by atoms with E-state index in [0.29, 0.717) is 15.8 Å². The summed E-state index contributed by atoms with van der Waals surface area (Å²) < 4.78 is 5.80. The van der Waals surface area contributed by atoms with Gasteiger partial charge in [0.2, 0.25) is 5.95 Å². The van der Waals surface area contributed by atoms with E-state index in [1.165, 1.54) is 0 Å². The lowest BCUT2D eigenvalue weighted by molar-refractivity contribution is -0.0223. The largest absolute Gasteiger partial charge is 0.394 e. The first-order valence-corrected chi connectivity index (χ1v) is 6.80. The first kappa shape index (κ1) is 13.5. The van der Waals surface area contributed by atoms with Gasteiger partial charge in [0.05, 0.1) is 12.1 Å². The molecule has 3 heterocycles. The summed E-state index contributed by atoms with van der Waals surface area (Å²) in [5.74, 6) is -0.0334. The van der Waals surface area contributed by atoms with Crippen LogP contribution in [0.2, 0.25) is 0 Å². The van der Waals surface area contributed by atoms with Crippen molar-refractivity contribution in [2.24, 2.45) is 0 Å². The summed E-state index contributed by atoms with van der Waals surface area (Å²) in [6.07, 6.45) is -4.12. The third-order valence-electron chi connectivity index (χ3n) is 3.32. The van der Waals surface area contributed by atoms with Crippen molar-refractivity contribution >= 4 is 27.5 Å². The summed E-state index contributed by atoms with van der Waals surface area (Å²) in [6.45, 7) is -0.410. The second kappa shape index (κ2) is 4.79. The van der Waals surface area contributed by atoms with E-state index in [-0.39, 0.29) is 11.5 Å². The normalized spacial score (nSPS) is 30.1. The second-order valence-corrected chi connectivity index (χ2v) is 5.46. The molecule has 0 radical (unpaired) electrons. The van der Waals surface area contributed by atoms with Gasteiger partial charge in [-0.1, -0.05) is 0 Å². The predicted octanol–water partition coefficient (Wildman–Crippen LogP) is -1.28. The van der Waals surface area contributed by atoms with Gasteiger partial charge in [-0.15, -0.1) is 11.3 Å². The summed E-state index contributed by atoms with van der Waals surface area (Å²) in [7, 11) is 0. The van der Waals surface area contributed by atoms with Crippen LogP contribution in [-0.4, -0.2) is 50.2 Å². The number of nitrogens with zero attached hydrogens (tertiary/aromatic N) is 1. The summed E-state index contributed by atoms with van der Waals surface area (Å²) in [5.41, 5.74) is 5.96. The van der Waals surface area contributed by atoms with E-state index in [1.54, 1.807) is 5.38 Å². The first-order chi connectivity index (χ1) is 9.52. The molecule has 6 N–H and O–H groups in total. The Bertz CT molecular complexity index is 699. The van der Waals surface area contributed by atoms with Crippen molar-refractivity contribution in [1.29, 1.82) is 0 Å². The molecule has 1 saturated heterocycles. The molecule has 2 aromatic rings. The van der Waals surface area contributed by atoms with Crippen molar-refractivity contribution in [1.82, 2.24) is 9.97 Å². The molecule has 0 saturated carbocycles. The van der Waals surface area contributed by atoms with Crippen molar-refractivity contribution in [2.45, 2.75) is 24.4 Å². The molecular weight excluding hydrogens is 286 g/mol. The molecule has 8 nitrogen and oxygen atoms in total. The SMILES string of the molecule is Nc1nc2c([C@@H]3O[C@H](CO)[C@@H](O)[C@@H]3O)csc2c(=O)[nH]1. The van der Waals surface area contributed by atoms with Crippen LogP contribution in [0.15, 0.2) is 10.2 Å². The minimum absolute atomic E-state index is 0.0334. The third kappa shape index (κ3) is 1.91. The standard InChI is InChI=1S/C11H13N3O5S/c12-11-13-5-3(2-20-9(5)10(18)14-11)8-7(17)6(16)4(1-15)19-8/h2,4,6-8,15-17H,1H2,(H3,12,13,14,18)/t4-,6-,7+,8+/m1/s1. The highest BCUT2D eigenvalue weighted by atomic mass is 32.1. The summed E-state index contributed by atoms with van der Waals surface area (Å²) in [4.78, 5) is 18.2. The molecule has 0 aromatic carbocycles. The van der Waals surface area contributed by atoms with Gasteiger partial charge >= 0.3 is 0 Å². The number of ether oxygens (including phenoxy) is 1. The number of aromatic amines is 1. The number of hydrogen-bond acceptors (Lipinski definition) is 8. The molecule has 9 heteroatoms. The van der Waals surface area contributed by atoms with E-state index in [0.717, 1.165) is 11.3 Å². The molecule has 1 aliphatic heterocycles.